The first-order valence-electron chi connectivity index (χ1n) is 6.87. The van der Waals surface area contributed by atoms with E-state index >= 15 is 0 Å². The van der Waals surface area contributed by atoms with Crippen LogP contribution in [-0.2, 0) is 16.0 Å². The number of hydrogen-bond donors (Lipinski definition) is 0. The van der Waals surface area contributed by atoms with Gasteiger partial charge in [-0.2, -0.15) is 0 Å². The van der Waals surface area contributed by atoms with E-state index < -0.39 is 0 Å². The molecule has 0 saturated carbocycles. The summed E-state index contributed by atoms with van der Waals surface area (Å²) < 4.78 is 10.2. The van der Waals surface area contributed by atoms with Crippen molar-refractivity contribution in [1.29, 1.82) is 0 Å². The molecule has 0 heterocycles. The van der Waals surface area contributed by atoms with E-state index in [2.05, 4.69) is 0 Å². The average Bonchev–Trinajstić information content (AvgIpc) is 2.44. The van der Waals surface area contributed by atoms with E-state index in [0.717, 1.165) is 5.56 Å². The molecule has 0 spiro atoms. The minimum atomic E-state index is -0.185. The van der Waals surface area contributed by atoms with Gasteiger partial charge < -0.3 is 9.47 Å². The van der Waals surface area contributed by atoms with Crippen molar-refractivity contribution in [1.82, 2.24) is 0 Å². The lowest BCUT2D eigenvalue weighted by molar-refractivity contribution is -0.148. The molecule has 0 bridgehead atoms. The van der Waals surface area contributed by atoms with Crippen LogP contribution >= 0.6 is 0 Å². The SMILES string of the molecule is CCOC(=O)[C@@H](CC)Cc1ccc(OC)c(C(C)=O)c1. The number of Topliss-reactive ketones (excluding diaryl/α,β-unsaturated/α-hetero) is 1. The minimum absolute atomic E-state index is 0.0483. The molecule has 0 aliphatic rings. The Morgan fingerprint density at radius 1 is 1.25 bits per heavy atom. The second-order valence-corrected chi connectivity index (χ2v) is 4.65. The smallest absolute Gasteiger partial charge is 0.309 e. The van der Waals surface area contributed by atoms with Crippen LogP contribution in [0, 0.1) is 5.92 Å². The predicted molar refractivity (Wildman–Crippen MR) is 77.1 cm³/mol. The van der Waals surface area contributed by atoms with Crippen LogP contribution in [0.5, 0.6) is 5.75 Å². The van der Waals surface area contributed by atoms with Gasteiger partial charge in [0.05, 0.1) is 25.2 Å². The van der Waals surface area contributed by atoms with Crippen molar-refractivity contribution in [2.24, 2.45) is 5.92 Å². The zero-order valence-corrected chi connectivity index (χ0v) is 12.6. The van der Waals surface area contributed by atoms with Gasteiger partial charge >= 0.3 is 5.97 Å². The predicted octanol–water partition coefficient (Wildman–Crippen LogP) is 3.03. The summed E-state index contributed by atoms with van der Waals surface area (Å²) >= 11 is 0. The molecule has 0 aliphatic heterocycles. The maximum absolute atomic E-state index is 11.8. The summed E-state index contributed by atoms with van der Waals surface area (Å²) in [6.45, 7) is 5.64. The van der Waals surface area contributed by atoms with Crippen molar-refractivity contribution in [2.75, 3.05) is 13.7 Å². The molecule has 1 atom stereocenters. The van der Waals surface area contributed by atoms with Gasteiger partial charge in [-0.15, -0.1) is 0 Å². The van der Waals surface area contributed by atoms with Gasteiger partial charge in [-0.3, -0.25) is 9.59 Å². The van der Waals surface area contributed by atoms with E-state index in [-0.39, 0.29) is 17.7 Å². The van der Waals surface area contributed by atoms with Crippen molar-refractivity contribution in [3.63, 3.8) is 0 Å². The lowest BCUT2D eigenvalue weighted by Crippen LogP contribution is -2.19. The topological polar surface area (TPSA) is 52.6 Å². The van der Waals surface area contributed by atoms with Crippen LogP contribution < -0.4 is 4.74 Å². The minimum Gasteiger partial charge on any atom is -0.496 e. The highest BCUT2D eigenvalue weighted by Crippen LogP contribution is 2.23. The largest absolute Gasteiger partial charge is 0.496 e. The van der Waals surface area contributed by atoms with Crippen molar-refractivity contribution >= 4 is 11.8 Å². The number of esters is 1. The molecule has 0 N–H and O–H groups in total. The highest BCUT2D eigenvalue weighted by atomic mass is 16.5. The first-order valence-corrected chi connectivity index (χ1v) is 6.87. The Hall–Kier alpha value is -1.84. The fraction of sp³-hybridized carbons (Fsp3) is 0.500. The van der Waals surface area contributed by atoms with E-state index in [4.69, 9.17) is 9.47 Å². The van der Waals surface area contributed by atoms with Crippen LogP contribution in [0.15, 0.2) is 18.2 Å². The summed E-state index contributed by atoms with van der Waals surface area (Å²) in [6.07, 6.45) is 1.28. The standard InChI is InChI=1S/C16H22O4/c1-5-13(16(18)20-6-2)9-12-7-8-15(19-4)14(10-12)11(3)17/h7-8,10,13H,5-6,9H2,1-4H3/t13-/m0/s1. The summed E-state index contributed by atoms with van der Waals surface area (Å²) in [7, 11) is 1.54. The monoisotopic (exact) mass is 278 g/mol. The fourth-order valence-corrected chi connectivity index (χ4v) is 2.10. The maximum atomic E-state index is 11.8. The van der Waals surface area contributed by atoms with E-state index in [9.17, 15) is 9.59 Å². The van der Waals surface area contributed by atoms with Crippen LogP contribution in [-0.4, -0.2) is 25.5 Å². The molecular formula is C16H22O4. The molecule has 4 heteroatoms. The average molecular weight is 278 g/mol. The molecule has 0 aliphatic carbocycles. The Bertz CT molecular complexity index is 479. The Morgan fingerprint density at radius 3 is 2.45 bits per heavy atom. The zero-order chi connectivity index (χ0) is 15.1. The Labute approximate surface area is 120 Å². The molecule has 4 nitrogen and oxygen atoms in total. The highest BCUT2D eigenvalue weighted by molar-refractivity contribution is 5.97. The van der Waals surface area contributed by atoms with Crippen molar-refractivity contribution in [3.8, 4) is 5.75 Å². The molecular weight excluding hydrogens is 256 g/mol. The first kappa shape index (κ1) is 16.2. The molecule has 0 unspecified atom stereocenters. The van der Waals surface area contributed by atoms with Gasteiger partial charge in [0.2, 0.25) is 0 Å². The van der Waals surface area contributed by atoms with E-state index in [0.29, 0.717) is 30.8 Å². The van der Waals surface area contributed by atoms with Crippen LogP contribution in [0.4, 0.5) is 0 Å². The van der Waals surface area contributed by atoms with Gasteiger partial charge in [-0.1, -0.05) is 13.0 Å². The van der Waals surface area contributed by atoms with Gasteiger partial charge in [0, 0.05) is 0 Å². The third-order valence-corrected chi connectivity index (χ3v) is 3.24. The van der Waals surface area contributed by atoms with Crippen LogP contribution in [0.2, 0.25) is 0 Å². The molecule has 0 saturated heterocycles. The van der Waals surface area contributed by atoms with E-state index in [1.807, 2.05) is 13.0 Å². The third-order valence-electron chi connectivity index (χ3n) is 3.24. The number of benzene rings is 1. The van der Waals surface area contributed by atoms with Gasteiger partial charge in [0.15, 0.2) is 5.78 Å². The molecule has 0 amide bonds. The molecule has 1 aromatic rings. The van der Waals surface area contributed by atoms with Gasteiger partial charge in [-0.05, 0) is 44.4 Å². The second kappa shape index (κ2) is 7.68. The Kier molecular flexibility index (Phi) is 6.22. The van der Waals surface area contributed by atoms with E-state index in [1.165, 1.54) is 14.0 Å². The molecule has 110 valence electrons. The van der Waals surface area contributed by atoms with E-state index in [1.54, 1.807) is 19.1 Å². The lowest BCUT2D eigenvalue weighted by Gasteiger charge is -2.15. The molecule has 0 radical (unpaired) electrons. The van der Waals surface area contributed by atoms with Gasteiger partial charge in [-0.25, -0.2) is 0 Å². The van der Waals surface area contributed by atoms with Crippen molar-refractivity contribution < 1.29 is 19.1 Å². The summed E-state index contributed by atoms with van der Waals surface area (Å²) in [4.78, 5) is 23.4. The van der Waals surface area contributed by atoms with Crippen LogP contribution in [0.1, 0.15) is 43.1 Å². The number of ketones is 1. The quantitative estimate of drug-likeness (QED) is 0.568. The summed E-state index contributed by atoms with van der Waals surface area (Å²) in [5, 5.41) is 0. The number of rotatable bonds is 7. The number of carbonyl (C=O) groups is 2. The van der Waals surface area contributed by atoms with Gasteiger partial charge in [0.1, 0.15) is 5.75 Å². The first-order chi connectivity index (χ1) is 9.53. The molecule has 0 fully saturated rings. The Morgan fingerprint density at radius 2 is 1.95 bits per heavy atom. The van der Waals surface area contributed by atoms with Crippen molar-refractivity contribution in [2.45, 2.75) is 33.6 Å². The number of hydrogen-bond acceptors (Lipinski definition) is 4. The number of carbonyl (C=O) groups excluding carboxylic acids is 2. The summed E-state index contributed by atoms with van der Waals surface area (Å²) in [6, 6.07) is 5.44. The summed E-state index contributed by atoms with van der Waals surface area (Å²) in [5.74, 6) is 0.150. The number of methoxy groups -OCH3 is 1. The highest BCUT2D eigenvalue weighted by Gasteiger charge is 2.19. The van der Waals surface area contributed by atoms with Gasteiger partial charge in [0.25, 0.3) is 0 Å². The molecule has 1 aromatic carbocycles. The van der Waals surface area contributed by atoms with Crippen LogP contribution in [0.25, 0.3) is 0 Å². The summed E-state index contributed by atoms with van der Waals surface area (Å²) in [5.41, 5.74) is 1.49. The van der Waals surface area contributed by atoms with Crippen molar-refractivity contribution in [3.05, 3.63) is 29.3 Å². The third kappa shape index (κ3) is 4.08. The Balaban J connectivity index is 2.94. The normalized spacial score (nSPS) is 11.8. The number of ether oxygens (including phenoxy) is 2. The molecule has 0 aromatic heterocycles. The molecule has 20 heavy (non-hydrogen) atoms. The van der Waals surface area contributed by atoms with Crippen LogP contribution in [0.3, 0.4) is 0 Å². The maximum Gasteiger partial charge on any atom is 0.309 e. The lowest BCUT2D eigenvalue weighted by atomic mass is 9.95. The molecule has 1 rings (SSSR count). The zero-order valence-electron chi connectivity index (χ0n) is 12.6. The fourth-order valence-electron chi connectivity index (χ4n) is 2.10. The second-order valence-electron chi connectivity index (χ2n) is 4.65.